The van der Waals surface area contributed by atoms with Gasteiger partial charge in [0.1, 0.15) is 11.5 Å². The smallest absolute Gasteiger partial charge is 0.135 e. The van der Waals surface area contributed by atoms with Gasteiger partial charge in [-0.1, -0.05) is 164 Å². The highest BCUT2D eigenvalue weighted by Crippen LogP contribution is 2.58. The van der Waals surface area contributed by atoms with Gasteiger partial charge in [0.2, 0.25) is 0 Å². The molecule has 0 atom stereocenters. The third-order valence-electron chi connectivity index (χ3n) is 11.1. The van der Waals surface area contributed by atoms with E-state index in [4.69, 9.17) is 13.0 Å². The molecule has 0 bridgehead atoms. The molecular weight excluding hydrogens is 665 g/mol. The van der Waals surface area contributed by atoms with E-state index < -0.39 is 36.3 Å². The van der Waals surface area contributed by atoms with Crippen molar-refractivity contribution in [1.82, 2.24) is 0 Å². The van der Waals surface area contributed by atoms with Crippen LogP contribution in [0.25, 0.3) is 110 Å². The van der Waals surface area contributed by atoms with Crippen LogP contribution in [0.1, 0.15) is 12.3 Å². The third kappa shape index (κ3) is 4.41. The second kappa shape index (κ2) is 11.6. The average molecular weight is 706 g/mol. The van der Waals surface area contributed by atoms with Crippen molar-refractivity contribution in [2.24, 2.45) is 0 Å². The lowest BCUT2D eigenvalue weighted by molar-refractivity contribution is 0.487. The van der Waals surface area contributed by atoms with Gasteiger partial charge in [-0.25, -0.2) is 0 Å². The minimum atomic E-state index is -0.548. The summed E-state index contributed by atoms with van der Waals surface area (Å²) in [6, 6.07) is 43.8. The highest BCUT2D eigenvalue weighted by atomic mass is 16.5. The molecule has 0 saturated carbocycles. The minimum absolute atomic E-state index is 0.0281. The molecule has 1 nitrogen and oxygen atoms in total. The number of rotatable bonds is 4. The molecule has 0 amide bonds. The van der Waals surface area contributed by atoms with Crippen molar-refractivity contribution in [1.29, 1.82) is 0 Å². The van der Waals surface area contributed by atoms with Crippen LogP contribution in [0, 0.1) is 0 Å². The Bertz CT molecular complexity index is 3730. The maximum absolute atomic E-state index is 9.71. The van der Waals surface area contributed by atoms with Crippen molar-refractivity contribution in [3.63, 3.8) is 0 Å². The van der Waals surface area contributed by atoms with Gasteiger partial charge >= 0.3 is 0 Å². The van der Waals surface area contributed by atoms with Gasteiger partial charge in [0.05, 0.1) is 12.3 Å². The second-order valence-corrected chi connectivity index (χ2v) is 14.0. The first-order valence-electron chi connectivity index (χ1n) is 22.8. The maximum Gasteiger partial charge on any atom is 0.135 e. The molecule has 1 heterocycles. The molecule has 10 aromatic carbocycles. The quantitative estimate of drug-likeness (QED) is 0.177. The van der Waals surface area contributed by atoms with Gasteiger partial charge in [-0.3, -0.25) is 0 Å². The van der Waals surface area contributed by atoms with E-state index in [0.29, 0.717) is 5.56 Å². The summed E-state index contributed by atoms with van der Waals surface area (Å²) in [7, 11) is 0. The van der Waals surface area contributed by atoms with Crippen LogP contribution in [-0.4, -0.2) is 0 Å². The van der Waals surface area contributed by atoms with Gasteiger partial charge in [0.15, 0.2) is 0 Å². The van der Waals surface area contributed by atoms with Crippen molar-refractivity contribution in [2.75, 3.05) is 0 Å². The Hall–Kier alpha value is -7.22. The van der Waals surface area contributed by atoms with Crippen LogP contribution in [0.2, 0.25) is 0 Å². The summed E-state index contributed by atoms with van der Waals surface area (Å²) in [6.07, 6.45) is 0. The molecule has 0 unspecified atom stereocenters. The number of fused-ring (bicyclic) bond motifs is 6. The second-order valence-electron chi connectivity index (χ2n) is 14.0. The molecule has 1 aliphatic heterocycles. The van der Waals surface area contributed by atoms with E-state index in [1.165, 1.54) is 0 Å². The highest BCUT2D eigenvalue weighted by molar-refractivity contribution is 6.27. The van der Waals surface area contributed by atoms with E-state index >= 15 is 0 Å². The summed E-state index contributed by atoms with van der Waals surface area (Å²) in [5.41, 5.74) is 10.7. The number of ether oxygens (including phenoxy) is 1. The lowest BCUT2D eigenvalue weighted by Gasteiger charge is -2.23. The first-order valence-corrected chi connectivity index (χ1v) is 18.3. The zero-order valence-electron chi connectivity index (χ0n) is 38.2. The third-order valence-corrected chi connectivity index (χ3v) is 11.1. The van der Waals surface area contributed by atoms with Crippen molar-refractivity contribution in [2.45, 2.75) is 0 Å². The van der Waals surface area contributed by atoms with E-state index in [1.54, 1.807) is 0 Å². The maximum atomic E-state index is 9.71. The van der Waals surface area contributed by atoms with Gasteiger partial charge in [0.25, 0.3) is 0 Å². The summed E-state index contributed by atoms with van der Waals surface area (Å²) in [5.74, 6) is -0.473. The molecule has 1 heteroatoms. The molecule has 0 fully saturated rings. The molecule has 1 aliphatic carbocycles. The zero-order valence-corrected chi connectivity index (χ0v) is 29.2. The Kier molecular flexibility index (Phi) is 4.82. The van der Waals surface area contributed by atoms with E-state index in [-0.39, 0.29) is 57.1 Å². The van der Waals surface area contributed by atoms with Gasteiger partial charge in [0, 0.05) is 10.9 Å². The Balaban J connectivity index is 1.25. The fraction of sp³-hybridized carbons (Fsp3) is 0. The Morgan fingerprint density at radius 1 is 0.327 bits per heavy atom. The molecule has 0 saturated heterocycles. The first kappa shape index (κ1) is 22.8. The van der Waals surface area contributed by atoms with E-state index in [2.05, 4.69) is 84.9 Å². The summed E-state index contributed by atoms with van der Waals surface area (Å²) in [4.78, 5) is 0. The molecule has 254 valence electrons. The predicted molar refractivity (Wildman–Crippen MR) is 231 cm³/mol. The molecular formula is C54H32O. The summed E-state index contributed by atoms with van der Waals surface area (Å²) < 4.78 is 87.7. The van der Waals surface area contributed by atoms with Crippen molar-refractivity contribution in [3.05, 3.63) is 194 Å². The first-order chi connectivity index (χ1) is 31.0. The van der Waals surface area contributed by atoms with Crippen LogP contribution >= 0.6 is 0 Å². The van der Waals surface area contributed by atoms with Crippen molar-refractivity contribution < 1.29 is 17.1 Å². The van der Waals surface area contributed by atoms with Gasteiger partial charge in [-0.15, -0.1) is 0 Å². The zero-order chi connectivity index (χ0) is 43.9. The number of hydrogen-bond donors (Lipinski definition) is 0. The molecule has 0 aromatic heterocycles. The highest BCUT2D eigenvalue weighted by Gasteiger charge is 2.31. The molecule has 0 spiro atoms. The number of para-hydroxylation sites is 1. The molecule has 2 aliphatic rings. The van der Waals surface area contributed by atoms with Crippen LogP contribution in [0.15, 0.2) is 194 Å². The van der Waals surface area contributed by atoms with Gasteiger partial charge in [-0.2, -0.15) is 0 Å². The van der Waals surface area contributed by atoms with Crippen LogP contribution in [-0.2, 0) is 0 Å². The molecule has 10 aromatic rings. The predicted octanol–water partition coefficient (Wildman–Crippen LogP) is 15.2. The van der Waals surface area contributed by atoms with Crippen molar-refractivity contribution >= 4 is 32.3 Å². The molecule has 0 radical (unpaired) electrons. The molecule has 55 heavy (non-hydrogen) atoms. The van der Waals surface area contributed by atoms with E-state index in [0.717, 1.165) is 77.2 Å². The van der Waals surface area contributed by atoms with Gasteiger partial charge < -0.3 is 4.74 Å². The van der Waals surface area contributed by atoms with Crippen molar-refractivity contribution in [3.8, 4) is 89.4 Å². The normalized spacial score (nSPS) is 14.4. The summed E-state index contributed by atoms with van der Waals surface area (Å²) in [5, 5.41) is 4.54. The largest absolute Gasteiger partial charge is 0.456 e. The SMILES string of the molecule is [2H]c1c([2H])c([2H])c2c(c1[2H])Oc1c([2H])c([2H])c(-c3cc(-c4ccccc4)cc(-c4c5c(c(-c6ccccc6)c6ccccc46)-c4cccc6cccc-5c46)c3)c3c([2H])c([2H])c([2H])c-2c13. The van der Waals surface area contributed by atoms with Gasteiger partial charge in [-0.05, 0) is 130 Å². The fourth-order valence-corrected chi connectivity index (χ4v) is 8.85. The molecule has 0 N–H and O–H groups in total. The van der Waals surface area contributed by atoms with Crippen LogP contribution in [0.3, 0.4) is 0 Å². The Morgan fingerprint density at radius 2 is 0.945 bits per heavy atom. The lowest BCUT2D eigenvalue weighted by Crippen LogP contribution is -1.98. The monoisotopic (exact) mass is 705 g/mol. The fourth-order valence-electron chi connectivity index (χ4n) is 8.85. The Labute approximate surface area is 332 Å². The van der Waals surface area contributed by atoms with Crippen LogP contribution < -0.4 is 4.74 Å². The standard InChI is InChI=1S/C54H32O/c1-3-14-33(15-4-1)36-30-37(39-28-29-48-52-41(39)23-13-24-42(52)40-20-9-10-27-47(40)55-48)32-38(31-36)51-44-22-8-7-21-43(44)50(35-16-5-2-6-17-35)53-45-25-11-18-34-19-12-26-46(49(34)45)54(51)53/h1-32H/i9D,10D,13D,20D,23D,24D,27D,28D,29D. The summed E-state index contributed by atoms with van der Waals surface area (Å²) >= 11 is 0. The number of benzene rings is 10. The lowest BCUT2D eigenvalue weighted by atomic mass is 9.81. The molecule has 12 rings (SSSR count). The van der Waals surface area contributed by atoms with Crippen LogP contribution in [0.4, 0.5) is 0 Å². The minimum Gasteiger partial charge on any atom is -0.456 e. The van der Waals surface area contributed by atoms with Crippen LogP contribution in [0.5, 0.6) is 11.5 Å². The number of hydrogen-bond acceptors (Lipinski definition) is 1. The average Bonchev–Trinajstić information content (AvgIpc) is 3.66. The summed E-state index contributed by atoms with van der Waals surface area (Å²) in [6.45, 7) is 0. The van der Waals surface area contributed by atoms with E-state index in [1.807, 2.05) is 54.6 Å². The topological polar surface area (TPSA) is 9.23 Å². The van der Waals surface area contributed by atoms with E-state index in [9.17, 15) is 4.11 Å². The Morgan fingerprint density at radius 3 is 1.69 bits per heavy atom.